The zero-order valence-corrected chi connectivity index (χ0v) is 10.0. The molecule has 1 aromatic carbocycles. The number of nitrogens with zero attached hydrogens (tertiary/aromatic N) is 2. The molecule has 3 heteroatoms. The second kappa shape index (κ2) is 5.01. The number of amides is 1. The predicted octanol–water partition coefficient (Wildman–Crippen LogP) is 2.38. The summed E-state index contributed by atoms with van der Waals surface area (Å²) in [5.74, 6) is 0.110. The fourth-order valence-electron chi connectivity index (χ4n) is 2.26. The molecule has 1 aliphatic rings. The average Bonchev–Trinajstić information content (AvgIpc) is 2.76. The van der Waals surface area contributed by atoms with Crippen LogP contribution in [0.1, 0.15) is 35.7 Å². The molecule has 1 atom stereocenters. The highest BCUT2D eigenvalue weighted by Crippen LogP contribution is 2.19. The van der Waals surface area contributed by atoms with Crippen molar-refractivity contribution in [2.24, 2.45) is 0 Å². The van der Waals surface area contributed by atoms with Crippen LogP contribution in [0.15, 0.2) is 24.3 Å². The molecular formula is C14H16N2O. The number of rotatable bonds is 2. The molecule has 0 radical (unpaired) electrons. The quantitative estimate of drug-likeness (QED) is 0.780. The molecule has 0 aromatic heterocycles. The van der Waals surface area contributed by atoms with Crippen molar-refractivity contribution >= 4 is 5.91 Å². The minimum absolute atomic E-state index is 0.110. The van der Waals surface area contributed by atoms with Crippen molar-refractivity contribution < 1.29 is 4.79 Å². The van der Waals surface area contributed by atoms with E-state index in [9.17, 15) is 4.79 Å². The third kappa shape index (κ3) is 2.47. The maximum atomic E-state index is 12.2. The van der Waals surface area contributed by atoms with Crippen molar-refractivity contribution in [2.45, 2.75) is 32.2 Å². The van der Waals surface area contributed by atoms with E-state index in [0.717, 1.165) is 30.5 Å². The van der Waals surface area contributed by atoms with Crippen LogP contribution in [0.2, 0.25) is 0 Å². The first-order valence-electron chi connectivity index (χ1n) is 5.99. The number of nitriles is 1. The summed E-state index contributed by atoms with van der Waals surface area (Å²) in [4.78, 5) is 14.1. The Balaban J connectivity index is 2.12. The molecule has 1 aliphatic heterocycles. The summed E-state index contributed by atoms with van der Waals surface area (Å²) in [5, 5.41) is 8.58. The van der Waals surface area contributed by atoms with Gasteiger partial charge < -0.3 is 4.90 Å². The molecule has 1 amide bonds. The monoisotopic (exact) mass is 228 g/mol. The van der Waals surface area contributed by atoms with E-state index in [2.05, 4.69) is 13.0 Å². The second-order valence-corrected chi connectivity index (χ2v) is 4.52. The number of benzene rings is 1. The fourth-order valence-corrected chi connectivity index (χ4v) is 2.26. The van der Waals surface area contributed by atoms with Gasteiger partial charge in [-0.05, 0) is 37.5 Å². The number of carbonyl (C=O) groups is 1. The maximum Gasteiger partial charge on any atom is 0.254 e. The lowest BCUT2D eigenvalue weighted by Gasteiger charge is -2.21. The fraction of sp³-hybridized carbons (Fsp3) is 0.429. The van der Waals surface area contributed by atoms with E-state index < -0.39 is 0 Å². The van der Waals surface area contributed by atoms with Crippen LogP contribution in [0.4, 0.5) is 0 Å². The first-order valence-corrected chi connectivity index (χ1v) is 5.99. The van der Waals surface area contributed by atoms with Gasteiger partial charge >= 0.3 is 0 Å². The Morgan fingerprint density at radius 1 is 1.47 bits per heavy atom. The first kappa shape index (κ1) is 11.7. The molecule has 3 nitrogen and oxygen atoms in total. The Bertz CT molecular complexity index is 444. The van der Waals surface area contributed by atoms with Crippen molar-refractivity contribution in [3.63, 3.8) is 0 Å². The summed E-state index contributed by atoms with van der Waals surface area (Å²) in [6.45, 7) is 2.95. The minimum Gasteiger partial charge on any atom is -0.336 e. The molecule has 1 aromatic rings. The number of carbonyl (C=O) groups excluding carboxylic acids is 1. The molecule has 1 saturated heterocycles. The van der Waals surface area contributed by atoms with E-state index >= 15 is 0 Å². The van der Waals surface area contributed by atoms with Crippen molar-refractivity contribution in [2.75, 3.05) is 6.54 Å². The molecule has 0 aliphatic carbocycles. The van der Waals surface area contributed by atoms with E-state index in [1.807, 2.05) is 29.2 Å². The SMILES string of the molecule is C[C@@H]1CCCN1C(=O)c1ccc(CC#N)cc1. The zero-order valence-electron chi connectivity index (χ0n) is 10.0. The van der Waals surface area contributed by atoms with Crippen LogP contribution in [-0.4, -0.2) is 23.4 Å². The van der Waals surface area contributed by atoms with E-state index in [1.54, 1.807) is 0 Å². The highest BCUT2D eigenvalue weighted by atomic mass is 16.2. The largest absolute Gasteiger partial charge is 0.336 e. The summed E-state index contributed by atoms with van der Waals surface area (Å²) < 4.78 is 0. The van der Waals surface area contributed by atoms with Gasteiger partial charge in [0.15, 0.2) is 0 Å². The van der Waals surface area contributed by atoms with Crippen molar-refractivity contribution in [1.82, 2.24) is 4.90 Å². The molecule has 17 heavy (non-hydrogen) atoms. The standard InChI is InChI=1S/C14H16N2O/c1-11-3-2-10-16(11)14(17)13-6-4-12(5-7-13)8-9-15/h4-7,11H,2-3,8,10H2,1H3/t11-/m1/s1. The summed E-state index contributed by atoms with van der Waals surface area (Å²) in [7, 11) is 0. The lowest BCUT2D eigenvalue weighted by molar-refractivity contribution is 0.0747. The molecule has 88 valence electrons. The molecule has 1 heterocycles. The molecule has 1 fully saturated rings. The molecule has 0 N–H and O–H groups in total. The zero-order chi connectivity index (χ0) is 12.3. The Kier molecular flexibility index (Phi) is 3.43. The smallest absolute Gasteiger partial charge is 0.254 e. The van der Waals surface area contributed by atoms with Crippen LogP contribution < -0.4 is 0 Å². The van der Waals surface area contributed by atoms with Crippen LogP contribution >= 0.6 is 0 Å². The van der Waals surface area contributed by atoms with Gasteiger partial charge in [-0.25, -0.2) is 0 Å². The second-order valence-electron chi connectivity index (χ2n) is 4.52. The molecule has 0 unspecified atom stereocenters. The van der Waals surface area contributed by atoms with Crippen LogP contribution in [0.3, 0.4) is 0 Å². The summed E-state index contributed by atoms with van der Waals surface area (Å²) in [6.07, 6.45) is 2.59. The van der Waals surface area contributed by atoms with Gasteiger partial charge in [-0.1, -0.05) is 12.1 Å². The first-order chi connectivity index (χ1) is 8.22. The van der Waals surface area contributed by atoms with Crippen molar-refractivity contribution in [3.05, 3.63) is 35.4 Å². The highest BCUT2D eigenvalue weighted by molar-refractivity contribution is 5.94. The maximum absolute atomic E-state index is 12.2. The Labute approximate surface area is 102 Å². The van der Waals surface area contributed by atoms with Gasteiger partial charge in [0.25, 0.3) is 5.91 Å². The third-order valence-electron chi connectivity index (χ3n) is 3.30. The number of hydrogen-bond donors (Lipinski definition) is 0. The van der Waals surface area contributed by atoms with Gasteiger partial charge in [-0.15, -0.1) is 0 Å². The van der Waals surface area contributed by atoms with Crippen LogP contribution in [-0.2, 0) is 6.42 Å². The van der Waals surface area contributed by atoms with Crippen molar-refractivity contribution in [3.8, 4) is 6.07 Å². The minimum atomic E-state index is 0.110. The summed E-state index contributed by atoms with van der Waals surface area (Å²) >= 11 is 0. The van der Waals surface area contributed by atoms with E-state index in [-0.39, 0.29) is 5.91 Å². The van der Waals surface area contributed by atoms with Crippen LogP contribution in [0.5, 0.6) is 0 Å². The van der Waals surface area contributed by atoms with Crippen LogP contribution in [0.25, 0.3) is 0 Å². The van der Waals surface area contributed by atoms with Crippen molar-refractivity contribution in [1.29, 1.82) is 5.26 Å². The van der Waals surface area contributed by atoms with E-state index in [4.69, 9.17) is 5.26 Å². The highest BCUT2D eigenvalue weighted by Gasteiger charge is 2.25. The van der Waals surface area contributed by atoms with Gasteiger partial charge in [0.2, 0.25) is 0 Å². The van der Waals surface area contributed by atoms with Gasteiger partial charge in [-0.2, -0.15) is 5.26 Å². The predicted molar refractivity (Wildman–Crippen MR) is 65.5 cm³/mol. The topological polar surface area (TPSA) is 44.1 Å². The lowest BCUT2D eigenvalue weighted by atomic mass is 10.1. The Morgan fingerprint density at radius 2 is 2.18 bits per heavy atom. The molecule has 2 rings (SSSR count). The molecule has 0 spiro atoms. The van der Waals surface area contributed by atoms with Gasteiger partial charge in [0.1, 0.15) is 0 Å². The molecule has 0 saturated carbocycles. The third-order valence-corrected chi connectivity index (χ3v) is 3.30. The average molecular weight is 228 g/mol. The number of likely N-dealkylation sites (tertiary alicyclic amines) is 1. The number of hydrogen-bond acceptors (Lipinski definition) is 2. The normalized spacial score (nSPS) is 19.1. The van der Waals surface area contributed by atoms with Gasteiger partial charge in [0.05, 0.1) is 12.5 Å². The Morgan fingerprint density at radius 3 is 2.71 bits per heavy atom. The summed E-state index contributed by atoms with van der Waals surface area (Å²) in [5.41, 5.74) is 1.68. The van der Waals surface area contributed by atoms with Gasteiger partial charge in [-0.3, -0.25) is 4.79 Å². The molecule has 0 bridgehead atoms. The molecular weight excluding hydrogens is 212 g/mol. The Hall–Kier alpha value is -1.82. The van der Waals surface area contributed by atoms with Crippen LogP contribution in [0, 0.1) is 11.3 Å². The summed E-state index contributed by atoms with van der Waals surface area (Å²) in [6, 6.07) is 9.80. The lowest BCUT2D eigenvalue weighted by Crippen LogP contribution is -2.33. The van der Waals surface area contributed by atoms with Gasteiger partial charge in [0, 0.05) is 18.2 Å². The van der Waals surface area contributed by atoms with E-state index in [1.165, 1.54) is 0 Å². The van der Waals surface area contributed by atoms with E-state index in [0.29, 0.717) is 12.5 Å².